The molecule has 0 radical (unpaired) electrons. The molecule has 1 aromatic carbocycles. The smallest absolute Gasteiger partial charge is 0.129 e. The first-order valence-electron chi connectivity index (χ1n) is 6.89. The minimum absolute atomic E-state index is 0.204. The lowest BCUT2D eigenvalue weighted by Crippen LogP contribution is -2.52. The number of hydrogen-bond donors (Lipinski definition) is 1. The number of benzene rings is 1. The van der Waals surface area contributed by atoms with Crippen LogP contribution in [0.15, 0.2) is 22.7 Å². The first-order chi connectivity index (χ1) is 9.56. The molecule has 108 valence electrons. The highest BCUT2D eigenvalue weighted by Gasteiger charge is 2.30. The molecule has 1 aliphatic rings. The van der Waals surface area contributed by atoms with E-state index in [1.165, 1.54) is 0 Å². The number of nitriles is 1. The highest BCUT2D eigenvalue weighted by molar-refractivity contribution is 9.10. The Morgan fingerprint density at radius 2 is 2.25 bits per heavy atom. The summed E-state index contributed by atoms with van der Waals surface area (Å²) in [5.74, 6) is 0.204. The quantitative estimate of drug-likeness (QED) is 0.921. The number of likely N-dealkylation sites (N-methyl/N-ethyl adjacent to an activating group) is 1. The van der Waals surface area contributed by atoms with E-state index in [0.717, 1.165) is 31.6 Å². The Labute approximate surface area is 128 Å². The molecule has 1 aliphatic heterocycles. The van der Waals surface area contributed by atoms with Crippen molar-refractivity contribution < 1.29 is 5.11 Å². The summed E-state index contributed by atoms with van der Waals surface area (Å²) in [6.07, 6.45) is 1.03. The van der Waals surface area contributed by atoms with Gasteiger partial charge in [-0.15, -0.1) is 0 Å². The minimum atomic E-state index is -0.259. The number of aromatic hydroxyl groups is 1. The van der Waals surface area contributed by atoms with E-state index in [0.29, 0.717) is 10.5 Å². The Hall–Kier alpha value is -1.09. The number of phenolic OH excluding ortho intramolecular Hbond substituents is 1. The molecular weight excluding hydrogens is 318 g/mol. The fourth-order valence-electron chi connectivity index (χ4n) is 2.76. The molecule has 4 nitrogen and oxygen atoms in total. The fourth-order valence-corrected chi connectivity index (χ4v) is 3.16. The second-order valence-corrected chi connectivity index (χ2v) is 6.16. The lowest BCUT2D eigenvalue weighted by Gasteiger charge is -2.42. The van der Waals surface area contributed by atoms with Crippen LogP contribution in [0.4, 0.5) is 0 Å². The fraction of sp³-hybridized carbons (Fsp3) is 0.533. The second kappa shape index (κ2) is 6.57. The van der Waals surface area contributed by atoms with E-state index in [1.807, 2.05) is 12.1 Å². The van der Waals surface area contributed by atoms with Gasteiger partial charge in [-0.05, 0) is 47.1 Å². The van der Waals surface area contributed by atoms with Crippen LogP contribution in [-0.2, 0) is 0 Å². The van der Waals surface area contributed by atoms with Crippen LogP contribution in [0.25, 0.3) is 0 Å². The Morgan fingerprint density at radius 1 is 1.50 bits per heavy atom. The van der Waals surface area contributed by atoms with Crippen molar-refractivity contribution in [3.05, 3.63) is 28.2 Å². The molecular formula is C15H20BrN3O. The van der Waals surface area contributed by atoms with Gasteiger partial charge >= 0.3 is 0 Å². The summed E-state index contributed by atoms with van der Waals surface area (Å²) in [6, 6.07) is 7.87. The summed E-state index contributed by atoms with van der Waals surface area (Å²) in [7, 11) is 2.12. The van der Waals surface area contributed by atoms with Crippen LogP contribution in [-0.4, -0.2) is 47.6 Å². The van der Waals surface area contributed by atoms with E-state index >= 15 is 0 Å². The number of halogens is 1. The van der Waals surface area contributed by atoms with E-state index in [1.54, 1.807) is 6.07 Å². The van der Waals surface area contributed by atoms with Crippen molar-refractivity contribution in [1.82, 2.24) is 9.80 Å². The van der Waals surface area contributed by atoms with Crippen molar-refractivity contribution in [2.24, 2.45) is 0 Å². The van der Waals surface area contributed by atoms with Gasteiger partial charge in [0.1, 0.15) is 11.8 Å². The van der Waals surface area contributed by atoms with Crippen LogP contribution < -0.4 is 0 Å². The van der Waals surface area contributed by atoms with Crippen LogP contribution in [0.3, 0.4) is 0 Å². The summed E-state index contributed by atoms with van der Waals surface area (Å²) < 4.78 is 0.637. The lowest BCUT2D eigenvalue weighted by molar-refractivity contribution is 0.0675. The van der Waals surface area contributed by atoms with Crippen molar-refractivity contribution in [3.8, 4) is 11.8 Å². The molecule has 1 aromatic rings. The molecule has 20 heavy (non-hydrogen) atoms. The van der Waals surface area contributed by atoms with Gasteiger partial charge < -0.3 is 10.0 Å². The Morgan fingerprint density at radius 3 is 2.85 bits per heavy atom. The van der Waals surface area contributed by atoms with Crippen LogP contribution in [0, 0.1) is 11.3 Å². The molecule has 0 aromatic heterocycles. The van der Waals surface area contributed by atoms with Gasteiger partial charge in [0.15, 0.2) is 0 Å². The van der Waals surface area contributed by atoms with E-state index in [9.17, 15) is 10.4 Å². The molecule has 0 amide bonds. The second-order valence-electron chi connectivity index (χ2n) is 5.30. The molecule has 1 saturated heterocycles. The van der Waals surface area contributed by atoms with E-state index < -0.39 is 0 Å². The number of phenols is 1. The summed E-state index contributed by atoms with van der Waals surface area (Å²) in [6.45, 7) is 5.03. The van der Waals surface area contributed by atoms with Crippen LogP contribution in [0.2, 0.25) is 0 Å². The van der Waals surface area contributed by atoms with Gasteiger partial charge in [-0.2, -0.15) is 5.26 Å². The molecule has 2 unspecified atom stereocenters. The minimum Gasteiger partial charge on any atom is -0.507 e. The maximum Gasteiger partial charge on any atom is 0.129 e. The molecule has 1 N–H and O–H groups in total. The van der Waals surface area contributed by atoms with Crippen molar-refractivity contribution >= 4 is 15.9 Å². The third-order valence-electron chi connectivity index (χ3n) is 3.94. The standard InChI is InChI=1S/C15H20BrN3O/c1-3-12-10-18(2)6-7-19(12)14(9-17)11-4-5-15(20)13(16)8-11/h4-5,8,12,14,20H,3,6-7,10H2,1-2H3. The van der Waals surface area contributed by atoms with Gasteiger partial charge in [0.2, 0.25) is 0 Å². The summed E-state index contributed by atoms with van der Waals surface area (Å²) in [4.78, 5) is 4.59. The first kappa shape index (κ1) is 15.3. The maximum absolute atomic E-state index is 9.59. The highest BCUT2D eigenvalue weighted by Crippen LogP contribution is 2.31. The third kappa shape index (κ3) is 3.14. The number of piperazine rings is 1. The van der Waals surface area contributed by atoms with E-state index in [4.69, 9.17) is 0 Å². The molecule has 2 atom stereocenters. The van der Waals surface area contributed by atoms with Gasteiger partial charge in [-0.1, -0.05) is 13.0 Å². The van der Waals surface area contributed by atoms with Crippen molar-refractivity contribution in [1.29, 1.82) is 5.26 Å². The Kier molecular flexibility index (Phi) is 5.03. The van der Waals surface area contributed by atoms with Gasteiger partial charge in [-0.3, -0.25) is 4.90 Å². The monoisotopic (exact) mass is 337 g/mol. The van der Waals surface area contributed by atoms with E-state index in [2.05, 4.69) is 45.8 Å². The van der Waals surface area contributed by atoms with Crippen LogP contribution >= 0.6 is 15.9 Å². The molecule has 1 fully saturated rings. The normalized spacial score (nSPS) is 22.4. The topological polar surface area (TPSA) is 50.5 Å². The van der Waals surface area contributed by atoms with Crippen molar-refractivity contribution in [3.63, 3.8) is 0 Å². The maximum atomic E-state index is 9.59. The molecule has 0 saturated carbocycles. The zero-order valence-corrected chi connectivity index (χ0v) is 13.5. The molecule has 0 spiro atoms. The lowest BCUT2D eigenvalue weighted by atomic mass is 10.0. The SMILES string of the molecule is CCC1CN(C)CCN1C(C#N)c1ccc(O)c(Br)c1. The molecule has 5 heteroatoms. The molecule has 2 rings (SSSR count). The molecule has 1 heterocycles. The Balaban J connectivity index is 2.27. The number of nitrogens with zero attached hydrogens (tertiary/aromatic N) is 3. The number of rotatable bonds is 3. The molecule has 0 aliphatic carbocycles. The summed E-state index contributed by atoms with van der Waals surface area (Å²) >= 11 is 3.32. The van der Waals surface area contributed by atoms with Crippen molar-refractivity contribution in [2.45, 2.75) is 25.4 Å². The third-order valence-corrected chi connectivity index (χ3v) is 4.58. The van der Waals surface area contributed by atoms with Gasteiger partial charge in [-0.25, -0.2) is 0 Å². The largest absolute Gasteiger partial charge is 0.507 e. The Bertz CT molecular complexity index is 514. The van der Waals surface area contributed by atoms with Crippen molar-refractivity contribution in [2.75, 3.05) is 26.7 Å². The predicted molar refractivity (Wildman–Crippen MR) is 82.4 cm³/mol. The number of hydrogen-bond acceptors (Lipinski definition) is 4. The average molecular weight is 338 g/mol. The predicted octanol–water partition coefficient (Wildman–Crippen LogP) is 2.75. The first-order valence-corrected chi connectivity index (χ1v) is 7.68. The summed E-state index contributed by atoms with van der Waals surface area (Å²) in [5, 5.41) is 19.2. The highest BCUT2D eigenvalue weighted by atomic mass is 79.9. The summed E-state index contributed by atoms with van der Waals surface area (Å²) in [5.41, 5.74) is 0.931. The van der Waals surface area contributed by atoms with Crippen LogP contribution in [0.1, 0.15) is 24.9 Å². The van der Waals surface area contributed by atoms with Crippen LogP contribution in [0.5, 0.6) is 5.75 Å². The van der Waals surface area contributed by atoms with Gasteiger partial charge in [0.25, 0.3) is 0 Å². The molecule has 0 bridgehead atoms. The zero-order chi connectivity index (χ0) is 14.7. The zero-order valence-electron chi connectivity index (χ0n) is 11.9. The van der Waals surface area contributed by atoms with Gasteiger partial charge in [0, 0.05) is 25.7 Å². The van der Waals surface area contributed by atoms with Gasteiger partial charge in [0.05, 0.1) is 10.5 Å². The average Bonchev–Trinajstić information content (AvgIpc) is 2.44. The van der Waals surface area contributed by atoms with E-state index in [-0.39, 0.29) is 11.8 Å².